The summed E-state index contributed by atoms with van der Waals surface area (Å²) >= 11 is 0. The number of hydrogen-bond acceptors (Lipinski definition) is 3. The Bertz CT molecular complexity index is 684. The van der Waals surface area contributed by atoms with Gasteiger partial charge in [-0.05, 0) is 55.2 Å². The molecule has 2 aromatic rings. The number of amides is 2. The number of rotatable bonds is 4. The zero-order valence-electron chi connectivity index (χ0n) is 13.8. The third kappa shape index (κ3) is 3.85. The number of benzene rings is 1. The first kappa shape index (κ1) is 16.3. The predicted molar refractivity (Wildman–Crippen MR) is 90.6 cm³/mol. The van der Waals surface area contributed by atoms with Crippen LogP contribution in [0.2, 0.25) is 0 Å². The number of nitrogens with one attached hydrogen (secondary N) is 1. The zero-order valence-corrected chi connectivity index (χ0v) is 13.8. The second-order valence-electron chi connectivity index (χ2n) is 6.31. The van der Waals surface area contributed by atoms with Crippen molar-refractivity contribution in [2.75, 3.05) is 13.1 Å². The minimum Gasteiger partial charge on any atom is -0.467 e. The van der Waals surface area contributed by atoms with E-state index in [2.05, 4.69) is 12.2 Å². The summed E-state index contributed by atoms with van der Waals surface area (Å²) in [7, 11) is 0. The number of carbonyl (C=O) groups excluding carboxylic acids is 2. The van der Waals surface area contributed by atoms with E-state index in [4.69, 9.17) is 4.42 Å². The molecule has 0 saturated carbocycles. The van der Waals surface area contributed by atoms with Crippen LogP contribution in [0.5, 0.6) is 0 Å². The van der Waals surface area contributed by atoms with Crippen molar-refractivity contribution >= 4 is 11.8 Å². The van der Waals surface area contributed by atoms with Crippen molar-refractivity contribution in [2.24, 2.45) is 5.92 Å². The van der Waals surface area contributed by atoms with Gasteiger partial charge in [0.05, 0.1) is 12.8 Å². The van der Waals surface area contributed by atoms with E-state index in [-0.39, 0.29) is 11.8 Å². The molecule has 0 spiro atoms. The number of likely N-dealkylation sites (tertiary alicyclic amines) is 1. The first-order chi connectivity index (χ1) is 11.6. The van der Waals surface area contributed by atoms with Gasteiger partial charge in [-0.2, -0.15) is 0 Å². The summed E-state index contributed by atoms with van der Waals surface area (Å²) in [6.07, 6.45) is 3.68. The largest absolute Gasteiger partial charge is 0.467 e. The highest BCUT2D eigenvalue weighted by Crippen LogP contribution is 2.18. The number of hydrogen-bond donors (Lipinski definition) is 1. The lowest BCUT2D eigenvalue weighted by Gasteiger charge is -2.30. The Labute approximate surface area is 141 Å². The van der Waals surface area contributed by atoms with Crippen LogP contribution in [0.1, 0.15) is 46.2 Å². The van der Waals surface area contributed by atoms with Crippen molar-refractivity contribution in [2.45, 2.75) is 26.3 Å². The van der Waals surface area contributed by atoms with Gasteiger partial charge in [-0.3, -0.25) is 9.59 Å². The fourth-order valence-corrected chi connectivity index (χ4v) is 2.84. The Hall–Kier alpha value is -2.56. The normalized spacial score (nSPS) is 15.3. The molecule has 24 heavy (non-hydrogen) atoms. The molecule has 1 aliphatic rings. The van der Waals surface area contributed by atoms with E-state index in [1.165, 1.54) is 0 Å². The van der Waals surface area contributed by atoms with Crippen LogP contribution in [0.15, 0.2) is 47.1 Å². The van der Waals surface area contributed by atoms with E-state index >= 15 is 0 Å². The molecule has 0 bridgehead atoms. The van der Waals surface area contributed by atoms with Gasteiger partial charge in [0.15, 0.2) is 0 Å². The fourth-order valence-electron chi connectivity index (χ4n) is 2.84. The van der Waals surface area contributed by atoms with E-state index < -0.39 is 0 Å². The van der Waals surface area contributed by atoms with Crippen molar-refractivity contribution in [1.29, 1.82) is 0 Å². The van der Waals surface area contributed by atoms with Crippen LogP contribution in [-0.2, 0) is 6.54 Å². The van der Waals surface area contributed by atoms with E-state index in [9.17, 15) is 9.59 Å². The molecule has 5 heteroatoms. The van der Waals surface area contributed by atoms with Gasteiger partial charge in [0.1, 0.15) is 5.76 Å². The van der Waals surface area contributed by atoms with Gasteiger partial charge in [-0.1, -0.05) is 6.92 Å². The van der Waals surface area contributed by atoms with Gasteiger partial charge in [0.2, 0.25) is 0 Å². The molecule has 5 nitrogen and oxygen atoms in total. The molecule has 2 heterocycles. The summed E-state index contributed by atoms with van der Waals surface area (Å²) in [5, 5.41) is 2.79. The molecular weight excluding hydrogens is 304 g/mol. The average Bonchev–Trinajstić information content (AvgIpc) is 3.13. The van der Waals surface area contributed by atoms with Gasteiger partial charge >= 0.3 is 0 Å². The second-order valence-corrected chi connectivity index (χ2v) is 6.31. The second kappa shape index (κ2) is 7.34. The molecule has 1 aromatic carbocycles. The van der Waals surface area contributed by atoms with Gasteiger partial charge in [-0.15, -0.1) is 0 Å². The van der Waals surface area contributed by atoms with Gasteiger partial charge in [0, 0.05) is 24.2 Å². The highest BCUT2D eigenvalue weighted by molar-refractivity contribution is 5.97. The Morgan fingerprint density at radius 2 is 1.79 bits per heavy atom. The Morgan fingerprint density at radius 1 is 1.12 bits per heavy atom. The minimum absolute atomic E-state index is 0.0458. The summed E-state index contributed by atoms with van der Waals surface area (Å²) in [6.45, 7) is 4.19. The van der Waals surface area contributed by atoms with Crippen molar-refractivity contribution in [3.8, 4) is 0 Å². The van der Waals surface area contributed by atoms with Crippen LogP contribution in [0, 0.1) is 5.92 Å². The van der Waals surface area contributed by atoms with Crippen molar-refractivity contribution in [3.63, 3.8) is 0 Å². The van der Waals surface area contributed by atoms with Crippen molar-refractivity contribution in [1.82, 2.24) is 10.2 Å². The van der Waals surface area contributed by atoms with E-state index in [1.807, 2.05) is 11.0 Å². The topological polar surface area (TPSA) is 62.6 Å². The first-order valence-electron chi connectivity index (χ1n) is 8.33. The minimum atomic E-state index is -0.183. The molecule has 0 radical (unpaired) electrons. The molecule has 1 aromatic heterocycles. The Kier molecular flexibility index (Phi) is 4.99. The van der Waals surface area contributed by atoms with Crippen LogP contribution in [0.25, 0.3) is 0 Å². The number of nitrogens with zero attached hydrogens (tertiary/aromatic N) is 1. The zero-order chi connectivity index (χ0) is 16.9. The summed E-state index contributed by atoms with van der Waals surface area (Å²) < 4.78 is 5.18. The smallest absolute Gasteiger partial charge is 0.253 e. The molecule has 1 N–H and O–H groups in total. The van der Waals surface area contributed by atoms with Crippen LogP contribution < -0.4 is 5.32 Å². The molecule has 1 saturated heterocycles. The molecular formula is C19H22N2O3. The molecule has 1 fully saturated rings. The SMILES string of the molecule is CC1CCN(C(=O)c2ccc(C(=O)NCc3ccco3)cc2)CC1. The summed E-state index contributed by atoms with van der Waals surface area (Å²) in [4.78, 5) is 26.5. The van der Waals surface area contributed by atoms with Crippen LogP contribution >= 0.6 is 0 Å². The lowest BCUT2D eigenvalue weighted by Crippen LogP contribution is -2.37. The monoisotopic (exact) mass is 326 g/mol. The first-order valence-corrected chi connectivity index (χ1v) is 8.33. The Morgan fingerprint density at radius 3 is 2.42 bits per heavy atom. The molecule has 0 aliphatic carbocycles. The number of carbonyl (C=O) groups is 2. The molecule has 1 aliphatic heterocycles. The summed E-state index contributed by atoms with van der Waals surface area (Å²) in [6, 6.07) is 10.4. The number of furan rings is 1. The summed E-state index contributed by atoms with van der Waals surface area (Å²) in [5.41, 5.74) is 1.16. The highest BCUT2D eigenvalue weighted by atomic mass is 16.3. The maximum absolute atomic E-state index is 12.5. The Balaban J connectivity index is 1.58. The van der Waals surface area contributed by atoms with E-state index in [0.29, 0.717) is 29.3 Å². The van der Waals surface area contributed by atoms with Crippen LogP contribution in [0.3, 0.4) is 0 Å². The quantitative estimate of drug-likeness (QED) is 0.939. The van der Waals surface area contributed by atoms with E-state index in [0.717, 1.165) is 25.9 Å². The van der Waals surface area contributed by atoms with Crippen molar-refractivity contribution in [3.05, 3.63) is 59.5 Å². The highest BCUT2D eigenvalue weighted by Gasteiger charge is 2.21. The number of piperidine rings is 1. The summed E-state index contributed by atoms with van der Waals surface area (Å²) in [5.74, 6) is 1.25. The fraction of sp³-hybridized carbons (Fsp3) is 0.368. The molecule has 3 rings (SSSR count). The van der Waals surface area contributed by atoms with Gasteiger partial charge in [0.25, 0.3) is 11.8 Å². The molecule has 126 valence electrons. The van der Waals surface area contributed by atoms with Crippen molar-refractivity contribution < 1.29 is 14.0 Å². The molecule has 0 atom stereocenters. The molecule has 2 amide bonds. The third-order valence-corrected chi connectivity index (χ3v) is 4.47. The van der Waals surface area contributed by atoms with Gasteiger partial charge < -0.3 is 14.6 Å². The maximum atomic E-state index is 12.5. The van der Waals surface area contributed by atoms with Gasteiger partial charge in [-0.25, -0.2) is 0 Å². The van der Waals surface area contributed by atoms with Crippen LogP contribution in [-0.4, -0.2) is 29.8 Å². The third-order valence-electron chi connectivity index (χ3n) is 4.47. The standard InChI is InChI=1S/C19H22N2O3/c1-14-8-10-21(11-9-14)19(23)16-6-4-15(5-7-16)18(22)20-13-17-3-2-12-24-17/h2-7,12,14H,8-11,13H2,1H3,(H,20,22). The van der Waals surface area contributed by atoms with Crippen LogP contribution in [0.4, 0.5) is 0 Å². The predicted octanol–water partition coefficient (Wildman–Crippen LogP) is 3.08. The van der Waals surface area contributed by atoms with E-state index in [1.54, 1.807) is 36.6 Å². The lowest BCUT2D eigenvalue weighted by molar-refractivity contribution is 0.0696. The average molecular weight is 326 g/mol. The molecule has 0 unspecified atom stereocenters. The lowest BCUT2D eigenvalue weighted by atomic mass is 9.98. The maximum Gasteiger partial charge on any atom is 0.253 e.